The number of β-amino-alcohol motifs (C(OH)–C–C–N with tert-alkyl or cyclic N) is 1. The van der Waals surface area contributed by atoms with Gasteiger partial charge < -0.3 is 15.3 Å². The van der Waals surface area contributed by atoms with E-state index in [0.29, 0.717) is 0 Å². The third-order valence-electron chi connectivity index (χ3n) is 3.63. The number of nitrogens with zero attached hydrogens (tertiary/aromatic N) is 1. The van der Waals surface area contributed by atoms with E-state index in [4.69, 9.17) is 0 Å². The highest BCUT2D eigenvalue weighted by molar-refractivity contribution is 4.75. The number of aliphatic hydroxyl groups is 1. The summed E-state index contributed by atoms with van der Waals surface area (Å²) in [7, 11) is 0. The summed E-state index contributed by atoms with van der Waals surface area (Å²) in [6.07, 6.45) is 3.30. The average Bonchev–Trinajstić information content (AvgIpc) is 2.31. The van der Waals surface area contributed by atoms with Gasteiger partial charge in [0.15, 0.2) is 0 Å². The Morgan fingerprint density at radius 3 is 2.47 bits per heavy atom. The number of rotatable bonds is 7. The van der Waals surface area contributed by atoms with Crippen molar-refractivity contribution < 1.29 is 5.11 Å². The Bertz CT molecular complexity index is 189. The molecule has 17 heavy (non-hydrogen) atoms. The fourth-order valence-corrected chi connectivity index (χ4v) is 2.38. The first-order chi connectivity index (χ1) is 8.11. The largest absolute Gasteiger partial charge is 0.392 e. The molecule has 0 radical (unpaired) electrons. The SMILES string of the molecule is CCC(O)CN1CCC(CNCC(C)C)CC1. The van der Waals surface area contributed by atoms with Crippen LogP contribution in [0.3, 0.4) is 0 Å². The first-order valence-corrected chi connectivity index (χ1v) is 7.23. The lowest BCUT2D eigenvalue weighted by Gasteiger charge is -2.33. The molecule has 0 spiro atoms. The summed E-state index contributed by atoms with van der Waals surface area (Å²) in [5.74, 6) is 1.58. The van der Waals surface area contributed by atoms with Crippen LogP contribution in [0.25, 0.3) is 0 Å². The van der Waals surface area contributed by atoms with Gasteiger partial charge in [-0.15, -0.1) is 0 Å². The van der Waals surface area contributed by atoms with E-state index in [1.54, 1.807) is 0 Å². The maximum Gasteiger partial charge on any atom is 0.0664 e. The summed E-state index contributed by atoms with van der Waals surface area (Å²) in [6, 6.07) is 0. The van der Waals surface area contributed by atoms with Gasteiger partial charge in [-0.25, -0.2) is 0 Å². The van der Waals surface area contributed by atoms with Crippen LogP contribution >= 0.6 is 0 Å². The van der Waals surface area contributed by atoms with E-state index < -0.39 is 0 Å². The first-order valence-electron chi connectivity index (χ1n) is 7.23. The average molecular weight is 242 g/mol. The van der Waals surface area contributed by atoms with Crippen LogP contribution < -0.4 is 5.32 Å². The number of nitrogens with one attached hydrogen (secondary N) is 1. The fourth-order valence-electron chi connectivity index (χ4n) is 2.38. The van der Waals surface area contributed by atoms with Crippen LogP contribution in [0.1, 0.15) is 40.0 Å². The number of hydrogen-bond donors (Lipinski definition) is 2. The summed E-state index contributed by atoms with van der Waals surface area (Å²) in [4.78, 5) is 2.41. The molecule has 0 saturated carbocycles. The van der Waals surface area contributed by atoms with Gasteiger partial charge in [0, 0.05) is 6.54 Å². The molecular weight excluding hydrogens is 212 g/mol. The van der Waals surface area contributed by atoms with E-state index in [1.165, 1.54) is 19.4 Å². The standard InChI is InChI=1S/C14H30N2O/c1-4-14(17)11-16-7-5-13(6-8-16)10-15-9-12(2)3/h12-15,17H,4-11H2,1-3H3. The zero-order valence-electron chi connectivity index (χ0n) is 11.8. The molecule has 1 fully saturated rings. The molecule has 0 aromatic carbocycles. The molecule has 0 aliphatic carbocycles. The van der Waals surface area contributed by atoms with Crippen molar-refractivity contribution in [3.05, 3.63) is 0 Å². The second-order valence-corrected chi connectivity index (χ2v) is 5.86. The lowest BCUT2D eigenvalue weighted by molar-refractivity contribution is 0.0867. The van der Waals surface area contributed by atoms with Crippen molar-refractivity contribution in [1.29, 1.82) is 0 Å². The van der Waals surface area contributed by atoms with Gasteiger partial charge in [0.05, 0.1) is 6.10 Å². The minimum atomic E-state index is -0.134. The van der Waals surface area contributed by atoms with Crippen molar-refractivity contribution >= 4 is 0 Å². The Balaban J connectivity index is 2.09. The third kappa shape index (κ3) is 6.39. The Labute approximate surface area is 107 Å². The fraction of sp³-hybridized carbons (Fsp3) is 1.00. The lowest BCUT2D eigenvalue weighted by atomic mass is 9.96. The molecule has 2 N–H and O–H groups in total. The van der Waals surface area contributed by atoms with Gasteiger partial charge in [0.25, 0.3) is 0 Å². The Morgan fingerprint density at radius 1 is 1.29 bits per heavy atom. The molecular formula is C14H30N2O. The van der Waals surface area contributed by atoms with Gasteiger partial charge >= 0.3 is 0 Å². The predicted molar refractivity (Wildman–Crippen MR) is 73.2 cm³/mol. The summed E-state index contributed by atoms with van der Waals surface area (Å²) in [6.45, 7) is 12.0. The molecule has 1 unspecified atom stereocenters. The smallest absolute Gasteiger partial charge is 0.0664 e. The Hall–Kier alpha value is -0.120. The molecule has 1 aliphatic heterocycles. The molecule has 3 heteroatoms. The van der Waals surface area contributed by atoms with Crippen LogP contribution in [0.15, 0.2) is 0 Å². The third-order valence-corrected chi connectivity index (χ3v) is 3.63. The van der Waals surface area contributed by atoms with Crippen molar-refractivity contribution in [2.75, 3.05) is 32.7 Å². The van der Waals surface area contributed by atoms with Crippen LogP contribution in [-0.4, -0.2) is 48.8 Å². The van der Waals surface area contributed by atoms with Crippen LogP contribution in [0.5, 0.6) is 0 Å². The van der Waals surface area contributed by atoms with Crippen LogP contribution in [0.2, 0.25) is 0 Å². The van der Waals surface area contributed by atoms with Crippen LogP contribution in [0, 0.1) is 11.8 Å². The molecule has 102 valence electrons. The molecule has 3 nitrogen and oxygen atoms in total. The van der Waals surface area contributed by atoms with Crippen LogP contribution in [-0.2, 0) is 0 Å². The highest BCUT2D eigenvalue weighted by Gasteiger charge is 2.20. The van der Waals surface area contributed by atoms with E-state index >= 15 is 0 Å². The van der Waals surface area contributed by atoms with E-state index in [9.17, 15) is 5.11 Å². The molecule has 1 aliphatic rings. The summed E-state index contributed by atoms with van der Waals surface area (Å²) >= 11 is 0. The normalized spacial score (nSPS) is 21.0. The molecule has 0 amide bonds. The zero-order valence-corrected chi connectivity index (χ0v) is 11.8. The number of likely N-dealkylation sites (tertiary alicyclic amines) is 1. The van der Waals surface area contributed by atoms with Crippen molar-refractivity contribution in [2.24, 2.45) is 11.8 Å². The molecule has 1 heterocycles. The minimum Gasteiger partial charge on any atom is -0.392 e. The van der Waals surface area contributed by atoms with Gasteiger partial charge in [-0.3, -0.25) is 0 Å². The maximum absolute atomic E-state index is 9.62. The van der Waals surface area contributed by atoms with Crippen molar-refractivity contribution in [3.63, 3.8) is 0 Å². The van der Waals surface area contributed by atoms with Gasteiger partial charge in [0.2, 0.25) is 0 Å². The zero-order chi connectivity index (χ0) is 12.7. The summed E-state index contributed by atoms with van der Waals surface area (Å²) in [5.41, 5.74) is 0. The topological polar surface area (TPSA) is 35.5 Å². The van der Waals surface area contributed by atoms with Crippen molar-refractivity contribution in [3.8, 4) is 0 Å². The minimum absolute atomic E-state index is 0.134. The summed E-state index contributed by atoms with van der Waals surface area (Å²) in [5, 5.41) is 13.2. The molecule has 1 rings (SSSR count). The van der Waals surface area contributed by atoms with E-state index in [2.05, 4.69) is 24.1 Å². The highest BCUT2D eigenvalue weighted by atomic mass is 16.3. The van der Waals surface area contributed by atoms with Crippen LogP contribution in [0.4, 0.5) is 0 Å². The quantitative estimate of drug-likeness (QED) is 0.713. The second-order valence-electron chi connectivity index (χ2n) is 5.86. The van der Waals surface area contributed by atoms with Gasteiger partial charge in [-0.05, 0) is 57.3 Å². The van der Waals surface area contributed by atoms with E-state index in [0.717, 1.165) is 44.4 Å². The maximum atomic E-state index is 9.62. The highest BCUT2D eigenvalue weighted by Crippen LogP contribution is 2.16. The van der Waals surface area contributed by atoms with E-state index in [1.807, 2.05) is 6.92 Å². The molecule has 1 atom stereocenters. The molecule has 0 aromatic rings. The Kier molecular flexibility index (Phi) is 7.09. The van der Waals surface area contributed by atoms with Crippen molar-refractivity contribution in [1.82, 2.24) is 10.2 Å². The monoisotopic (exact) mass is 242 g/mol. The van der Waals surface area contributed by atoms with Gasteiger partial charge in [0.1, 0.15) is 0 Å². The number of hydrogen-bond acceptors (Lipinski definition) is 3. The molecule has 1 saturated heterocycles. The lowest BCUT2D eigenvalue weighted by Crippen LogP contribution is -2.41. The number of aliphatic hydroxyl groups excluding tert-OH is 1. The second kappa shape index (κ2) is 8.06. The molecule has 0 bridgehead atoms. The first kappa shape index (κ1) is 14.9. The van der Waals surface area contributed by atoms with Gasteiger partial charge in [-0.2, -0.15) is 0 Å². The summed E-state index contributed by atoms with van der Waals surface area (Å²) < 4.78 is 0. The van der Waals surface area contributed by atoms with Crippen molar-refractivity contribution in [2.45, 2.75) is 46.1 Å². The number of piperidine rings is 1. The van der Waals surface area contributed by atoms with E-state index in [-0.39, 0.29) is 6.10 Å². The molecule has 0 aromatic heterocycles. The van der Waals surface area contributed by atoms with Gasteiger partial charge in [-0.1, -0.05) is 20.8 Å². The Morgan fingerprint density at radius 2 is 1.94 bits per heavy atom. The predicted octanol–water partition coefficient (Wildman–Crippen LogP) is 1.71.